The Balaban J connectivity index is 1.44. The molecule has 4 fully saturated rings. The number of methoxy groups -OCH3 is 2. The first-order chi connectivity index (χ1) is 12.5. The summed E-state index contributed by atoms with van der Waals surface area (Å²) in [7, 11) is 3.21. The zero-order valence-electron chi connectivity index (χ0n) is 16.0. The van der Waals surface area contributed by atoms with Gasteiger partial charge in [-0.05, 0) is 80.8 Å². The molecule has 2 N–H and O–H groups in total. The zero-order chi connectivity index (χ0) is 18.3. The van der Waals surface area contributed by atoms with Crippen molar-refractivity contribution in [2.45, 2.75) is 51.5 Å². The lowest BCUT2D eigenvalue weighted by molar-refractivity contribution is -0.0679. The Morgan fingerprint density at radius 3 is 2.23 bits per heavy atom. The van der Waals surface area contributed by atoms with Gasteiger partial charge in [-0.25, -0.2) is 4.79 Å². The minimum Gasteiger partial charge on any atom is -0.497 e. The SMILES string of the molecule is COc1ccc(OC)c(NC(=O)NC(C)C23CC4CC(CC(C4)C2)C3)c1. The molecule has 0 saturated heterocycles. The van der Waals surface area contributed by atoms with Crippen LogP contribution in [0.15, 0.2) is 18.2 Å². The maximum atomic E-state index is 12.7. The van der Waals surface area contributed by atoms with E-state index in [1.807, 2.05) is 6.07 Å². The van der Waals surface area contributed by atoms with Gasteiger partial charge in [0.25, 0.3) is 0 Å². The summed E-state index contributed by atoms with van der Waals surface area (Å²) in [6.45, 7) is 2.19. The minimum absolute atomic E-state index is 0.167. The molecule has 142 valence electrons. The van der Waals surface area contributed by atoms with Crippen LogP contribution >= 0.6 is 0 Å². The number of hydrogen-bond acceptors (Lipinski definition) is 3. The lowest BCUT2D eigenvalue weighted by atomic mass is 9.48. The number of carbonyl (C=O) groups is 1. The highest BCUT2D eigenvalue weighted by Gasteiger charge is 2.53. The predicted octanol–water partition coefficient (Wildman–Crippen LogP) is 4.43. The normalized spacial score (nSPS) is 32.8. The molecule has 2 amide bonds. The van der Waals surface area contributed by atoms with Gasteiger partial charge in [0.2, 0.25) is 0 Å². The van der Waals surface area contributed by atoms with E-state index in [9.17, 15) is 4.79 Å². The summed E-state index contributed by atoms with van der Waals surface area (Å²) in [5.41, 5.74) is 0.923. The molecule has 1 unspecified atom stereocenters. The van der Waals surface area contributed by atoms with Crippen LogP contribution in [0.2, 0.25) is 0 Å². The highest BCUT2D eigenvalue weighted by atomic mass is 16.5. The van der Waals surface area contributed by atoms with Crippen LogP contribution in [0.1, 0.15) is 45.4 Å². The summed E-state index contributed by atoms with van der Waals surface area (Å²) < 4.78 is 10.6. The van der Waals surface area contributed by atoms with Gasteiger partial charge in [-0.3, -0.25) is 0 Å². The summed E-state index contributed by atoms with van der Waals surface area (Å²) in [4.78, 5) is 12.7. The topological polar surface area (TPSA) is 59.6 Å². The number of amides is 2. The van der Waals surface area contributed by atoms with E-state index < -0.39 is 0 Å². The molecule has 4 saturated carbocycles. The molecular formula is C21H30N2O3. The standard InChI is InChI=1S/C21H30N2O3/c1-13(21-10-14-6-15(11-21)8-16(7-14)12-21)22-20(24)23-18-9-17(25-2)4-5-19(18)26-3/h4-5,9,13-16H,6-8,10-12H2,1-3H3,(H2,22,23,24). The number of rotatable bonds is 5. The van der Waals surface area contributed by atoms with E-state index in [0.29, 0.717) is 22.6 Å². The molecule has 4 aliphatic carbocycles. The highest BCUT2D eigenvalue weighted by Crippen LogP contribution is 2.61. The van der Waals surface area contributed by atoms with Crippen LogP contribution in [0.5, 0.6) is 11.5 Å². The Labute approximate surface area is 155 Å². The van der Waals surface area contributed by atoms with E-state index in [-0.39, 0.29) is 12.1 Å². The maximum Gasteiger partial charge on any atom is 0.319 e. The average molecular weight is 358 g/mol. The molecule has 0 aromatic heterocycles. The number of carbonyl (C=O) groups excluding carboxylic acids is 1. The molecule has 5 nitrogen and oxygen atoms in total. The van der Waals surface area contributed by atoms with E-state index in [0.717, 1.165) is 17.8 Å². The fourth-order valence-electron chi connectivity index (χ4n) is 6.13. The van der Waals surface area contributed by atoms with Gasteiger partial charge in [0.1, 0.15) is 11.5 Å². The van der Waals surface area contributed by atoms with E-state index >= 15 is 0 Å². The first-order valence-corrected chi connectivity index (χ1v) is 9.81. The largest absolute Gasteiger partial charge is 0.497 e. The van der Waals surface area contributed by atoms with Crippen molar-refractivity contribution in [3.63, 3.8) is 0 Å². The molecule has 4 bridgehead atoms. The minimum atomic E-state index is -0.167. The summed E-state index contributed by atoms with van der Waals surface area (Å²) in [6.07, 6.45) is 8.09. The molecule has 1 aromatic rings. The Kier molecular flexibility index (Phi) is 4.49. The van der Waals surface area contributed by atoms with Gasteiger partial charge < -0.3 is 20.1 Å². The first kappa shape index (κ1) is 17.5. The lowest BCUT2D eigenvalue weighted by Crippen LogP contribution is -2.56. The van der Waals surface area contributed by atoms with Crippen LogP contribution in [-0.4, -0.2) is 26.3 Å². The van der Waals surface area contributed by atoms with Gasteiger partial charge in [-0.2, -0.15) is 0 Å². The van der Waals surface area contributed by atoms with Crippen LogP contribution in [0.3, 0.4) is 0 Å². The van der Waals surface area contributed by atoms with Crippen molar-refractivity contribution < 1.29 is 14.3 Å². The van der Waals surface area contributed by atoms with Crippen LogP contribution < -0.4 is 20.1 Å². The Hall–Kier alpha value is -1.91. The summed E-state index contributed by atoms with van der Waals surface area (Å²) in [5, 5.41) is 6.17. The summed E-state index contributed by atoms with van der Waals surface area (Å²) in [5.74, 6) is 3.96. The highest BCUT2D eigenvalue weighted by molar-refractivity contribution is 5.91. The Morgan fingerprint density at radius 2 is 1.69 bits per heavy atom. The molecular weight excluding hydrogens is 328 g/mol. The van der Waals surface area contributed by atoms with Crippen molar-refractivity contribution in [1.29, 1.82) is 0 Å². The number of urea groups is 1. The molecule has 0 heterocycles. The van der Waals surface area contributed by atoms with Gasteiger partial charge in [-0.15, -0.1) is 0 Å². The Bertz CT molecular complexity index is 653. The van der Waals surface area contributed by atoms with Gasteiger partial charge in [0.05, 0.1) is 19.9 Å². The molecule has 0 spiro atoms. The van der Waals surface area contributed by atoms with Crippen LogP contribution in [-0.2, 0) is 0 Å². The van der Waals surface area contributed by atoms with Gasteiger partial charge >= 0.3 is 6.03 Å². The monoisotopic (exact) mass is 358 g/mol. The summed E-state index contributed by atoms with van der Waals surface area (Å²) >= 11 is 0. The average Bonchev–Trinajstić information content (AvgIpc) is 2.60. The number of benzene rings is 1. The second kappa shape index (κ2) is 6.67. The van der Waals surface area contributed by atoms with Crippen molar-refractivity contribution in [3.8, 4) is 11.5 Å². The zero-order valence-corrected chi connectivity index (χ0v) is 16.0. The van der Waals surface area contributed by atoms with Crippen molar-refractivity contribution in [3.05, 3.63) is 18.2 Å². The molecule has 4 aliphatic rings. The molecule has 5 heteroatoms. The molecule has 5 rings (SSSR count). The van der Waals surface area contributed by atoms with Crippen LogP contribution in [0.4, 0.5) is 10.5 Å². The second-order valence-corrected chi connectivity index (χ2v) is 8.67. The van der Waals surface area contributed by atoms with Crippen LogP contribution in [0, 0.1) is 23.2 Å². The van der Waals surface area contributed by atoms with Crippen molar-refractivity contribution in [1.82, 2.24) is 5.32 Å². The van der Waals surface area contributed by atoms with Gasteiger partial charge in [-0.1, -0.05) is 0 Å². The molecule has 26 heavy (non-hydrogen) atoms. The van der Waals surface area contributed by atoms with Gasteiger partial charge in [0.15, 0.2) is 0 Å². The maximum absolute atomic E-state index is 12.7. The smallest absolute Gasteiger partial charge is 0.319 e. The third-order valence-electron chi connectivity index (χ3n) is 7.01. The third kappa shape index (κ3) is 3.12. The summed E-state index contributed by atoms with van der Waals surface area (Å²) in [6, 6.07) is 5.43. The molecule has 0 radical (unpaired) electrons. The van der Waals surface area contributed by atoms with Gasteiger partial charge in [0, 0.05) is 12.1 Å². The number of nitrogens with one attached hydrogen (secondary N) is 2. The van der Waals surface area contributed by atoms with E-state index in [1.165, 1.54) is 38.5 Å². The fourth-order valence-corrected chi connectivity index (χ4v) is 6.13. The van der Waals surface area contributed by atoms with Crippen molar-refractivity contribution >= 4 is 11.7 Å². The van der Waals surface area contributed by atoms with E-state index in [1.54, 1.807) is 26.4 Å². The predicted molar refractivity (Wildman–Crippen MR) is 102 cm³/mol. The fraction of sp³-hybridized carbons (Fsp3) is 0.667. The number of anilines is 1. The van der Waals surface area contributed by atoms with Crippen molar-refractivity contribution in [2.24, 2.45) is 23.2 Å². The molecule has 1 atom stereocenters. The lowest BCUT2D eigenvalue weighted by Gasteiger charge is -2.59. The van der Waals surface area contributed by atoms with E-state index in [2.05, 4.69) is 17.6 Å². The third-order valence-corrected chi connectivity index (χ3v) is 7.01. The van der Waals surface area contributed by atoms with Crippen LogP contribution in [0.25, 0.3) is 0 Å². The molecule has 0 aliphatic heterocycles. The number of hydrogen-bond donors (Lipinski definition) is 2. The van der Waals surface area contributed by atoms with E-state index in [4.69, 9.17) is 9.47 Å². The Morgan fingerprint density at radius 1 is 1.08 bits per heavy atom. The van der Waals surface area contributed by atoms with Crippen molar-refractivity contribution in [2.75, 3.05) is 19.5 Å². The quantitative estimate of drug-likeness (QED) is 0.818. The second-order valence-electron chi connectivity index (χ2n) is 8.67. The molecule has 1 aromatic carbocycles. The number of ether oxygens (including phenoxy) is 2. The first-order valence-electron chi connectivity index (χ1n) is 9.81.